The minimum Gasteiger partial charge on any atom is -0.392 e. The van der Waals surface area contributed by atoms with E-state index >= 15 is 0 Å². The first kappa shape index (κ1) is 14.4. The highest BCUT2D eigenvalue weighted by Gasteiger charge is 2.22. The van der Waals surface area contributed by atoms with Crippen LogP contribution in [0.3, 0.4) is 0 Å². The molecule has 1 heterocycles. The molecule has 0 aliphatic carbocycles. The second-order valence-corrected chi connectivity index (χ2v) is 5.98. The lowest BCUT2D eigenvalue weighted by Gasteiger charge is -2.34. The summed E-state index contributed by atoms with van der Waals surface area (Å²) < 4.78 is 0.977. The number of benzene rings is 1. The van der Waals surface area contributed by atoms with Crippen molar-refractivity contribution in [2.75, 3.05) is 32.7 Å². The first-order valence-electron chi connectivity index (χ1n) is 6.12. The van der Waals surface area contributed by atoms with Crippen LogP contribution < -0.4 is 5.73 Å². The maximum Gasteiger partial charge on any atom is 0.253 e. The molecule has 4 nitrogen and oxygen atoms in total. The zero-order chi connectivity index (χ0) is 13.8. The summed E-state index contributed by atoms with van der Waals surface area (Å²) in [7, 11) is 0. The Bertz CT molecular complexity index is 469. The van der Waals surface area contributed by atoms with Gasteiger partial charge in [0.2, 0.25) is 0 Å². The number of hydrogen-bond acceptors (Lipinski definition) is 3. The molecule has 1 saturated heterocycles. The van der Waals surface area contributed by atoms with Gasteiger partial charge in [0.1, 0.15) is 0 Å². The number of nitrogens with two attached hydrogens (primary N) is 1. The van der Waals surface area contributed by atoms with Gasteiger partial charge >= 0.3 is 0 Å². The third-order valence-electron chi connectivity index (χ3n) is 3.13. The van der Waals surface area contributed by atoms with Gasteiger partial charge in [0.25, 0.3) is 5.91 Å². The van der Waals surface area contributed by atoms with E-state index in [1.165, 1.54) is 0 Å². The van der Waals surface area contributed by atoms with Crippen molar-refractivity contribution in [1.82, 2.24) is 9.80 Å². The molecular formula is C13H16BrN3OS. The predicted molar refractivity (Wildman–Crippen MR) is 83.3 cm³/mol. The Hall–Kier alpha value is -0.980. The Morgan fingerprint density at radius 2 is 1.79 bits per heavy atom. The molecule has 19 heavy (non-hydrogen) atoms. The molecular weight excluding hydrogens is 326 g/mol. The van der Waals surface area contributed by atoms with Gasteiger partial charge in [-0.15, -0.1) is 0 Å². The Kier molecular flexibility index (Phi) is 4.90. The number of carbonyl (C=O) groups excluding carboxylic acids is 1. The van der Waals surface area contributed by atoms with Gasteiger partial charge in [-0.05, 0) is 24.3 Å². The molecule has 0 radical (unpaired) electrons. The molecule has 1 aliphatic rings. The maximum absolute atomic E-state index is 12.3. The fourth-order valence-corrected chi connectivity index (χ4v) is 2.55. The molecule has 102 valence electrons. The van der Waals surface area contributed by atoms with Gasteiger partial charge in [0, 0.05) is 42.8 Å². The average molecular weight is 342 g/mol. The molecule has 2 rings (SSSR count). The van der Waals surface area contributed by atoms with Crippen molar-refractivity contribution in [3.8, 4) is 0 Å². The quantitative estimate of drug-likeness (QED) is 0.846. The SMILES string of the molecule is NC(=S)CN1CCN(C(=O)c2ccc(Br)cc2)CC1. The second-order valence-electron chi connectivity index (χ2n) is 4.54. The summed E-state index contributed by atoms with van der Waals surface area (Å²) in [5, 5.41) is 0. The number of rotatable bonds is 3. The van der Waals surface area contributed by atoms with Gasteiger partial charge < -0.3 is 10.6 Å². The first-order valence-corrected chi connectivity index (χ1v) is 7.32. The van der Waals surface area contributed by atoms with E-state index in [9.17, 15) is 4.79 Å². The van der Waals surface area contributed by atoms with Crippen molar-refractivity contribution in [1.29, 1.82) is 0 Å². The van der Waals surface area contributed by atoms with E-state index in [0.717, 1.165) is 36.2 Å². The minimum absolute atomic E-state index is 0.0856. The van der Waals surface area contributed by atoms with E-state index in [4.69, 9.17) is 18.0 Å². The molecule has 1 aliphatic heterocycles. The summed E-state index contributed by atoms with van der Waals surface area (Å²) in [5.74, 6) is 0.0856. The Labute approximate surface area is 126 Å². The second kappa shape index (κ2) is 6.45. The van der Waals surface area contributed by atoms with Crippen LogP contribution in [0.2, 0.25) is 0 Å². The van der Waals surface area contributed by atoms with E-state index in [1.54, 1.807) is 0 Å². The molecule has 0 atom stereocenters. The van der Waals surface area contributed by atoms with Crippen molar-refractivity contribution in [2.45, 2.75) is 0 Å². The maximum atomic E-state index is 12.3. The third-order valence-corrected chi connectivity index (χ3v) is 3.79. The number of thiocarbonyl (C=S) groups is 1. The summed E-state index contributed by atoms with van der Waals surface area (Å²) in [6.07, 6.45) is 0. The van der Waals surface area contributed by atoms with E-state index in [0.29, 0.717) is 11.5 Å². The highest BCUT2D eigenvalue weighted by molar-refractivity contribution is 9.10. The average Bonchev–Trinajstić information content (AvgIpc) is 2.39. The van der Waals surface area contributed by atoms with Crippen LogP contribution in [0.5, 0.6) is 0 Å². The van der Waals surface area contributed by atoms with Crippen molar-refractivity contribution >= 4 is 39.0 Å². The number of nitrogens with zero attached hydrogens (tertiary/aromatic N) is 2. The fraction of sp³-hybridized carbons (Fsp3) is 0.385. The highest BCUT2D eigenvalue weighted by atomic mass is 79.9. The molecule has 0 spiro atoms. The molecule has 0 aromatic heterocycles. The van der Waals surface area contributed by atoms with Gasteiger partial charge in [0.05, 0.1) is 4.99 Å². The van der Waals surface area contributed by atoms with Crippen LogP contribution in [0.25, 0.3) is 0 Å². The highest BCUT2D eigenvalue weighted by Crippen LogP contribution is 2.13. The van der Waals surface area contributed by atoms with E-state index in [1.807, 2.05) is 29.2 Å². The van der Waals surface area contributed by atoms with Crippen LogP contribution in [0.1, 0.15) is 10.4 Å². The third kappa shape index (κ3) is 3.99. The molecule has 0 saturated carbocycles. The van der Waals surface area contributed by atoms with Gasteiger partial charge in [0.15, 0.2) is 0 Å². The fourth-order valence-electron chi connectivity index (χ4n) is 2.10. The van der Waals surface area contributed by atoms with Crippen LogP contribution in [0.4, 0.5) is 0 Å². The number of hydrogen-bond donors (Lipinski definition) is 1. The van der Waals surface area contributed by atoms with Gasteiger partial charge in [-0.1, -0.05) is 28.1 Å². The topological polar surface area (TPSA) is 49.6 Å². The lowest BCUT2D eigenvalue weighted by atomic mass is 10.2. The van der Waals surface area contributed by atoms with E-state index in [-0.39, 0.29) is 5.91 Å². The first-order chi connectivity index (χ1) is 9.06. The van der Waals surface area contributed by atoms with Crippen LogP contribution in [-0.2, 0) is 0 Å². The zero-order valence-electron chi connectivity index (χ0n) is 10.5. The van der Waals surface area contributed by atoms with Crippen LogP contribution in [0, 0.1) is 0 Å². The lowest BCUT2D eigenvalue weighted by Crippen LogP contribution is -2.50. The monoisotopic (exact) mass is 341 g/mol. The van der Waals surface area contributed by atoms with Crippen LogP contribution in [-0.4, -0.2) is 53.4 Å². The molecule has 6 heteroatoms. The number of piperazine rings is 1. The Morgan fingerprint density at radius 3 is 2.32 bits per heavy atom. The largest absolute Gasteiger partial charge is 0.392 e. The number of carbonyl (C=O) groups is 1. The van der Waals surface area contributed by atoms with Gasteiger partial charge in [-0.25, -0.2) is 0 Å². The van der Waals surface area contributed by atoms with Gasteiger partial charge in [-0.2, -0.15) is 0 Å². The molecule has 1 aromatic carbocycles. The smallest absolute Gasteiger partial charge is 0.253 e. The molecule has 1 fully saturated rings. The Morgan fingerprint density at radius 1 is 1.21 bits per heavy atom. The van der Waals surface area contributed by atoms with Gasteiger partial charge in [-0.3, -0.25) is 9.69 Å². The molecule has 0 bridgehead atoms. The van der Waals surface area contributed by atoms with Crippen LogP contribution >= 0.6 is 28.1 Å². The predicted octanol–water partition coefficient (Wildman–Crippen LogP) is 1.49. The molecule has 2 N–H and O–H groups in total. The normalized spacial score (nSPS) is 16.4. The Balaban J connectivity index is 1.92. The number of amides is 1. The number of halogens is 1. The van der Waals surface area contributed by atoms with E-state index in [2.05, 4.69) is 20.8 Å². The van der Waals surface area contributed by atoms with Crippen molar-refractivity contribution in [3.63, 3.8) is 0 Å². The summed E-state index contributed by atoms with van der Waals surface area (Å²) in [5.41, 5.74) is 6.26. The summed E-state index contributed by atoms with van der Waals surface area (Å²) in [4.78, 5) is 16.8. The standard InChI is InChI=1S/C13H16BrN3OS/c14-11-3-1-10(2-4-11)13(18)17-7-5-16(6-8-17)9-12(15)19/h1-4H,5-9H2,(H2,15,19). The molecule has 1 amide bonds. The van der Waals surface area contributed by atoms with Crippen LogP contribution in [0.15, 0.2) is 28.7 Å². The van der Waals surface area contributed by atoms with Crippen molar-refractivity contribution in [3.05, 3.63) is 34.3 Å². The van der Waals surface area contributed by atoms with Crippen molar-refractivity contribution < 1.29 is 4.79 Å². The summed E-state index contributed by atoms with van der Waals surface area (Å²) in [6.45, 7) is 3.71. The summed E-state index contributed by atoms with van der Waals surface area (Å²) in [6, 6.07) is 7.45. The molecule has 0 unspecified atom stereocenters. The van der Waals surface area contributed by atoms with Crippen molar-refractivity contribution in [2.24, 2.45) is 5.73 Å². The summed E-state index contributed by atoms with van der Waals surface area (Å²) >= 11 is 8.26. The lowest BCUT2D eigenvalue weighted by molar-refractivity contribution is 0.0654. The minimum atomic E-state index is 0.0856. The van der Waals surface area contributed by atoms with E-state index < -0.39 is 0 Å². The molecule has 1 aromatic rings. The zero-order valence-corrected chi connectivity index (χ0v) is 12.9.